The number of rotatable bonds is 3. The highest BCUT2D eigenvalue weighted by molar-refractivity contribution is 7.11. The fourth-order valence-electron chi connectivity index (χ4n) is 1.49. The SMILES string of the molecule is [C-]#[N+]c1c(Nc2ccccc2C(=O)OC)s[nH]c1=O. The van der Waals surface area contributed by atoms with Crippen LogP contribution in [-0.2, 0) is 4.74 Å². The van der Waals surface area contributed by atoms with Gasteiger partial charge in [-0.2, -0.15) is 0 Å². The summed E-state index contributed by atoms with van der Waals surface area (Å²) < 4.78 is 7.14. The van der Waals surface area contributed by atoms with E-state index in [2.05, 4.69) is 19.3 Å². The lowest BCUT2D eigenvalue weighted by atomic mass is 10.2. The normalized spacial score (nSPS) is 9.68. The van der Waals surface area contributed by atoms with Crippen molar-refractivity contribution < 1.29 is 9.53 Å². The second-order valence-electron chi connectivity index (χ2n) is 3.48. The number of para-hydroxylation sites is 1. The smallest absolute Gasteiger partial charge is 0.339 e. The van der Waals surface area contributed by atoms with Gasteiger partial charge in [-0.1, -0.05) is 23.7 Å². The molecular weight excluding hydrogens is 266 g/mol. The van der Waals surface area contributed by atoms with Crippen LogP contribution in [0.4, 0.5) is 16.4 Å². The molecule has 0 amide bonds. The van der Waals surface area contributed by atoms with E-state index in [9.17, 15) is 9.59 Å². The van der Waals surface area contributed by atoms with E-state index in [0.717, 1.165) is 11.5 Å². The molecule has 0 fully saturated rings. The summed E-state index contributed by atoms with van der Waals surface area (Å²) in [6, 6.07) is 6.71. The average molecular weight is 275 g/mol. The van der Waals surface area contributed by atoms with Gasteiger partial charge in [-0.3, -0.25) is 9.17 Å². The highest BCUT2D eigenvalue weighted by Gasteiger charge is 2.15. The van der Waals surface area contributed by atoms with Crippen molar-refractivity contribution in [3.05, 3.63) is 51.6 Å². The van der Waals surface area contributed by atoms with Gasteiger partial charge >= 0.3 is 5.97 Å². The standard InChI is InChI=1S/C12H9N3O3S/c1-13-9-10(16)15-19-11(9)14-8-6-4-3-5-7(8)12(17)18-2/h3-6,14H,2H3,(H,15,16). The predicted octanol–water partition coefficient (Wildman–Crippen LogP) is 2.52. The Hall–Kier alpha value is -2.59. The number of aromatic amines is 1. The molecule has 0 saturated heterocycles. The lowest BCUT2D eigenvalue weighted by Crippen LogP contribution is -2.05. The third kappa shape index (κ3) is 2.48. The lowest BCUT2D eigenvalue weighted by Gasteiger charge is -2.08. The maximum Gasteiger partial charge on any atom is 0.339 e. The van der Waals surface area contributed by atoms with Crippen molar-refractivity contribution in [1.82, 2.24) is 4.37 Å². The number of hydrogen-bond donors (Lipinski definition) is 2. The van der Waals surface area contributed by atoms with Crippen LogP contribution in [0.2, 0.25) is 0 Å². The molecule has 0 bridgehead atoms. The molecular formula is C12H9N3O3S. The Labute approximate surface area is 112 Å². The number of anilines is 2. The van der Waals surface area contributed by atoms with Crippen LogP contribution in [0, 0.1) is 6.57 Å². The van der Waals surface area contributed by atoms with Crippen molar-refractivity contribution in [2.24, 2.45) is 0 Å². The number of esters is 1. The van der Waals surface area contributed by atoms with Crippen LogP contribution in [-0.4, -0.2) is 17.5 Å². The summed E-state index contributed by atoms with van der Waals surface area (Å²) in [4.78, 5) is 26.1. The minimum absolute atomic E-state index is 0.0235. The number of nitrogens with zero attached hydrogens (tertiary/aromatic N) is 1. The molecule has 96 valence electrons. The molecule has 0 radical (unpaired) electrons. The fraction of sp³-hybridized carbons (Fsp3) is 0.0833. The molecule has 0 aliphatic rings. The van der Waals surface area contributed by atoms with E-state index in [4.69, 9.17) is 6.57 Å². The summed E-state index contributed by atoms with van der Waals surface area (Å²) in [5.41, 5.74) is 0.346. The van der Waals surface area contributed by atoms with Gasteiger partial charge in [-0.15, -0.1) is 0 Å². The van der Waals surface area contributed by atoms with Gasteiger partial charge < -0.3 is 10.1 Å². The molecule has 0 spiro atoms. The van der Waals surface area contributed by atoms with Gasteiger partial charge in [-0.05, 0) is 12.1 Å². The van der Waals surface area contributed by atoms with Crippen LogP contribution < -0.4 is 10.9 Å². The number of ether oxygens (including phenoxy) is 1. The molecule has 0 aliphatic carbocycles. The number of aromatic nitrogens is 1. The minimum atomic E-state index is -0.490. The first-order valence-corrected chi connectivity index (χ1v) is 6.02. The van der Waals surface area contributed by atoms with Crippen molar-refractivity contribution in [3.8, 4) is 0 Å². The van der Waals surface area contributed by atoms with E-state index in [-0.39, 0.29) is 5.69 Å². The van der Waals surface area contributed by atoms with Crippen LogP contribution in [0.25, 0.3) is 4.85 Å². The summed E-state index contributed by atoms with van der Waals surface area (Å²) in [5, 5.41) is 3.27. The number of benzene rings is 1. The number of hydrogen-bond acceptors (Lipinski definition) is 5. The van der Waals surface area contributed by atoms with Crippen LogP contribution in [0.5, 0.6) is 0 Å². The number of carbonyl (C=O) groups excluding carboxylic acids is 1. The summed E-state index contributed by atoms with van der Waals surface area (Å²) in [6.07, 6.45) is 0. The third-order valence-electron chi connectivity index (χ3n) is 2.37. The molecule has 0 saturated carbocycles. The zero-order valence-corrected chi connectivity index (χ0v) is 10.7. The van der Waals surface area contributed by atoms with Gasteiger partial charge in [0.25, 0.3) is 11.2 Å². The van der Waals surface area contributed by atoms with Crippen LogP contribution in [0.15, 0.2) is 29.1 Å². The van der Waals surface area contributed by atoms with Gasteiger partial charge in [0.05, 0.1) is 24.9 Å². The summed E-state index contributed by atoms with van der Waals surface area (Å²) >= 11 is 1.01. The topological polar surface area (TPSA) is 75.5 Å². The molecule has 19 heavy (non-hydrogen) atoms. The molecule has 1 heterocycles. The van der Waals surface area contributed by atoms with E-state index in [0.29, 0.717) is 16.3 Å². The highest BCUT2D eigenvalue weighted by atomic mass is 32.1. The molecule has 1 aromatic heterocycles. The summed E-state index contributed by atoms with van der Waals surface area (Å²) in [6.45, 7) is 6.96. The van der Waals surface area contributed by atoms with Crippen molar-refractivity contribution in [2.45, 2.75) is 0 Å². The molecule has 7 heteroatoms. The Morgan fingerprint density at radius 2 is 2.21 bits per heavy atom. The molecule has 2 aromatic rings. The number of methoxy groups -OCH3 is 1. The molecule has 0 unspecified atom stereocenters. The van der Waals surface area contributed by atoms with Gasteiger partial charge in [0, 0.05) is 0 Å². The van der Waals surface area contributed by atoms with Crippen LogP contribution in [0.1, 0.15) is 10.4 Å². The van der Waals surface area contributed by atoms with Crippen molar-refractivity contribution in [2.75, 3.05) is 12.4 Å². The Kier molecular flexibility index (Phi) is 3.63. The largest absolute Gasteiger partial charge is 0.465 e. The lowest BCUT2D eigenvalue weighted by molar-refractivity contribution is 0.0602. The Morgan fingerprint density at radius 1 is 1.47 bits per heavy atom. The molecule has 0 atom stereocenters. The number of H-pyrrole nitrogens is 1. The minimum Gasteiger partial charge on any atom is -0.465 e. The van der Waals surface area contributed by atoms with E-state index < -0.39 is 11.5 Å². The second kappa shape index (κ2) is 5.37. The fourth-order valence-corrected chi connectivity index (χ4v) is 2.17. The van der Waals surface area contributed by atoms with Crippen molar-refractivity contribution >= 4 is 33.9 Å². The van der Waals surface area contributed by atoms with Crippen LogP contribution in [0.3, 0.4) is 0 Å². The first-order valence-electron chi connectivity index (χ1n) is 5.20. The second-order valence-corrected chi connectivity index (χ2v) is 4.30. The molecule has 6 nitrogen and oxygen atoms in total. The highest BCUT2D eigenvalue weighted by Crippen LogP contribution is 2.30. The Bertz CT molecular complexity index is 711. The summed E-state index contributed by atoms with van der Waals surface area (Å²) in [5.74, 6) is -0.490. The van der Waals surface area contributed by atoms with Crippen molar-refractivity contribution in [3.63, 3.8) is 0 Å². The van der Waals surface area contributed by atoms with E-state index in [1.165, 1.54) is 7.11 Å². The first kappa shape index (κ1) is 12.9. The van der Waals surface area contributed by atoms with E-state index in [1.54, 1.807) is 24.3 Å². The Balaban J connectivity index is 2.42. The summed E-state index contributed by atoms with van der Waals surface area (Å²) in [7, 11) is 1.29. The van der Waals surface area contributed by atoms with E-state index >= 15 is 0 Å². The van der Waals surface area contributed by atoms with Gasteiger partial charge in [0.2, 0.25) is 0 Å². The zero-order chi connectivity index (χ0) is 13.8. The van der Waals surface area contributed by atoms with Gasteiger partial charge in [-0.25, -0.2) is 9.64 Å². The van der Waals surface area contributed by atoms with Gasteiger partial charge in [0.1, 0.15) is 5.00 Å². The third-order valence-corrected chi connectivity index (χ3v) is 3.16. The zero-order valence-electron chi connectivity index (χ0n) is 9.89. The van der Waals surface area contributed by atoms with Crippen molar-refractivity contribution in [1.29, 1.82) is 0 Å². The molecule has 1 aromatic carbocycles. The predicted molar refractivity (Wildman–Crippen MR) is 72.3 cm³/mol. The van der Waals surface area contributed by atoms with Crippen LogP contribution >= 0.6 is 11.5 Å². The average Bonchev–Trinajstić information content (AvgIpc) is 2.79. The monoisotopic (exact) mass is 275 g/mol. The number of carbonyl (C=O) groups is 1. The molecule has 2 N–H and O–H groups in total. The maximum absolute atomic E-state index is 11.6. The maximum atomic E-state index is 11.6. The van der Waals surface area contributed by atoms with E-state index in [1.807, 2.05) is 0 Å². The number of nitrogens with one attached hydrogen (secondary N) is 2. The quantitative estimate of drug-likeness (QED) is 0.666. The van der Waals surface area contributed by atoms with Gasteiger partial charge in [0.15, 0.2) is 0 Å². The first-order chi connectivity index (χ1) is 9.17. The Morgan fingerprint density at radius 3 is 2.89 bits per heavy atom. The molecule has 2 rings (SSSR count). The molecule has 0 aliphatic heterocycles.